The quantitative estimate of drug-likeness (QED) is 0.890. The van der Waals surface area contributed by atoms with Crippen LogP contribution < -0.4 is 11.1 Å². The van der Waals surface area contributed by atoms with E-state index in [0.717, 1.165) is 18.4 Å². The van der Waals surface area contributed by atoms with Gasteiger partial charge >= 0.3 is 0 Å². The van der Waals surface area contributed by atoms with Crippen molar-refractivity contribution < 1.29 is 4.79 Å². The number of nitrogens with two attached hydrogens (primary N) is 1. The molecule has 5 heteroatoms. The molecular weight excluding hydrogens is 264 g/mol. The van der Waals surface area contributed by atoms with E-state index >= 15 is 0 Å². The lowest BCUT2D eigenvalue weighted by molar-refractivity contribution is -0.128. The first-order chi connectivity index (χ1) is 10.0. The van der Waals surface area contributed by atoms with Crippen LogP contribution in [0.1, 0.15) is 50.6 Å². The van der Waals surface area contributed by atoms with Crippen LogP contribution in [0.4, 0.5) is 0 Å². The van der Waals surface area contributed by atoms with Crippen molar-refractivity contribution in [1.29, 1.82) is 0 Å². The Bertz CT molecular complexity index is 498. The molecular formula is C16H26N4O. The molecule has 2 saturated carbocycles. The fourth-order valence-corrected chi connectivity index (χ4v) is 4.08. The van der Waals surface area contributed by atoms with Gasteiger partial charge in [0.25, 0.3) is 0 Å². The molecule has 0 saturated heterocycles. The zero-order chi connectivity index (χ0) is 15.0. The lowest BCUT2D eigenvalue weighted by Crippen LogP contribution is -2.49. The van der Waals surface area contributed by atoms with Gasteiger partial charge in [-0.1, -0.05) is 6.42 Å². The van der Waals surface area contributed by atoms with E-state index in [1.807, 2.05) is 26.4 Å². The molecule has 3 unspecified atom stereocenters. The minimum atomic E-state index is 0.0154. The molecule has 3 atom stereocenters. The van der Waals surface area contributed by atoms with Gasteiger partial charge in [0, 0.05) is 30.8 Å². The third kappa shape index (κ3) is 2.98. The summed E-state index contributed by atoms with van der Waals surface area (Å²) in [7, 11) is 1.89. The standard InChI is InChI=1S/C16H26N4O/c1-10(14-8-18-20(2)9-14)19-16(21)13-6-11-4-3-5-12(7-13)15(11)17/h8-13,15H,3-7,17H2,1-2H3,(H,19,21). The molecule has 2 aliphatic rings. The zero-order valence-corrected chi connectivity index (χ0v) is 13.0. The number of nitrogens with one attached hydrogen (secondary N) is 1. The Kier molecular flexibility index (Phi) is 4.02. The van der Waals surface area contributed by atoms with Gasteiger partial charge in [-0.15, -0.1) is 0 Å². The molecule has 2 aliphatic carbocycles. The van der Waals surface area contributed by atoms with Gasteiger partial charge in [0.1, 0.15) is 0 Å². The lowest BCUT2D eigenvalue weighted by atomic mass is 9.65. The molecule has 2 fully saturated rings. The van der Waals surface area contributed by atoms with Crippen LogP contribution in [-0.4, -0.2) is 21.7 Å². The molecule has 0 aliphatic heterocycles. The summed E-state index contributed by atoms with van der Waals surface area (Å²) >= 11 is 0. The van der Waals surface area contributed by atoms with Gasteiger partial charge in [0.05, 0.1) is 12.2 Å². The van der Waals surface area contributed by atoms with Crippen molar-refractivity contribution in [3.63, 3.8) is 0 Å². The minimum Gasteiger partial charge on any atom is -0.349 e. The fourth-order valence-electron chi connectivity index (χ4n) is 4.08. The third-order valence-electron chi connectivity index (χ3n) is 5.37. The maximum Gasteiger partial charge on any atom is 0.223 e. The Morgan fingerprint density at radius 1 is 1.43 bits per heavy atom. The van der Waals surface area contributed by atoms with E-state index in [9.17, 15) is 4.79 Å². The summed E-state index contributed by atoms with van der Waals surface area (Å²) in [6.07, 6.45) is 9.36. The molecule has 1 heterocycles. The zero-order valence-electron chi connectivity index (χ0n) is 13.0. The van der Waals surface area contributed by atoms with E-state index in [1.54, 1.807) is 4.68 Å². The molecule has 0 spiro atoms. The highest BCUT2D eigenvalue weighted by atomic mass is 16.1. The summed E-state index contributed by atoms with van der Waals surface area (Å²) in [5, 5.41) is 7.31. The molecule has 0 aromatic carbocycles. The van der Waals surface area contributed by atoms with Gasteiger partial charge < -0.3 is 11.1 Å². The monoisotopic (exact) mass is 290 g/mol. The summed E-state index contributed by atoms with van der Waals surface area (Å²) in [5.74, 6) is 1.42. The molecule has 21 heavy (non-hydrogen) atoms. The van der Waals surface area contributed by atoms with Gasteiger partial charge in [0.15, 0.2) is 0 Å². The van der Waals surface area contributed by atoms with Gasteiger partial charge in [-0.2, -0.15) is 5.10 Å². The van der Waals surface area contributed by atoms with E-state index in [1.165, 1.54) is 19.3 Å². The Hall–Kier alpha value is -1.36. The number of hydrogen-bond acceptors (Lipinski definition) is 3. The number of aryl methyl sites for hydroxylation is 1. The van der Waals surface area contributed by atoms with Gasteiger partial charge in [-0.25, -0.2) is 0 Å². The normalized spacial score (nSPS) is 33.5. The van der Waals surface area contributed by atoms with Crippen molar-refractivity contribution >= 4 is 5.91 Å². The molecule has 1 aromatic heterocycles. The molecule has 2 bridgehead atoms. The Balaban J connectivity index is 1.61. The highest BCUT2D eigenvalue weighted by molar-refractivity contribution is 5.79. The topological polar surface area (TPSA) is 72.9 Å². The van der Waals surface area contributed by atoms with Crippen molar-refractivity contribution in [2.45, 2.75) is 51.1 Å². The van der Waals surface area contributed by atoms with Crippen molar-refractivity contribution in [3.8, 4) is 0 Å². The average Bonchev–Trinajstić information content (AvgIpc) is 2.85. The molecule has 5 nitrogen and oxygen atoms in total. The van der Waals surface area contributed by atoms with Crippen LogP contribution in [0.15, 0.2) is 12.4 Å². The van der Waals surface area contributed by atoms with Gasteiger partial charge in [0.2, 0.25) is 5.91 Å². The number of rotatable bonds is 3. The molecule has 0 radical (unpaired) electrons. The van der Waals surface area contributed by atoms with Crippen molar-refractivity contribution in [3.05, 3.63) is 18.0 Å². The van der Waals surface area contributed by atoms with Crippen molar-refractivity contribution in [2.75, 3.05) is 0 Å². The highest BCUT2D eigenvalue weighted by Crippen LogP contribution is 2.42. The first-order valence-corrected chi connectivity index (χ1v) is 8.09. The second-order valence-electron chi connectivity index (χ2n) is 6.87. The summed E-state index contributed by atoms with van der Waals surface area (Å²) in [6, 6.07) is 0.334. The summed E-state index contributed by atoms with van der Waals surface area (Å²) in [4.78, 5) is 12.5. The third-order valence-corrected chi connectivity index (χ3v) is 5.37. The van der Waals surface area contributed by atoms with E-state index in [4.69, 9.17) is 5.73 Å². The van der Waals surface area contributed by atoms with Crippen LogP contribution >= 0.6 is 0 Å². The summed E-state index contributed by atoms with van der Waals surface area (Å²) in [5.41, 5.74) is 7.35. The van der Waals surface area contributed by atoms with E-state index in [0.29, 0.717) is 17.9 Å². The smallest absolute Gasteiger partial charge is 0.223 e. The number of fused-ring (bicyclic) bond motifs is 2. The summed E-state index contributed by atoms with van der Waals surface area (Å²) in [6.45, 7) is 2.02. The van der Waals surface area contributed by atoms with Crippen molar-refractivity contribution in [2.24, 2.45) is 30.5 Å². The van der Waals surface area contributed by atoms with Crippen LogP contribution in [0.25, 0.3) is 0 Å². The summed E-state index contributed by atoms with van der Waals surface area (Å²) < 4.78 is 1.77. The number of carbonyl (C=O) groups is 1. The Morgan fingerprint density at radius 2 is 2.10 bits per heavy atom. The first kappa shape index (κ1) is 14.6. The first-order valence-electron chi connectivity index (χ1n) is 8.09. The number of carbonyl (C=O) groups excluding carboxylic acids is 1. The van der Waals surface area contributed by atoms with E-state index in [2.05, 4.69) is 10.4 Å². The molecule has 116 valence electrons. The maximum atomic E-state index is 12.5. The average molecular weight is 290 g/mol. The fraction of sp³-hybridized carbons (Fsp3) is 0.750. The lowest BCUT2D eigenvalue weighted by Gasteiger charge is -2.43. The largest absolute Gasteiger partial charge is 0.349 e. The van der Waals surface area contributed by atoms with E-state index in [-0.39, 0.29) is 17.9 Å². The number of amides is 1. The molecule has 1 aromatic rings. The molecule has 3 rings (SSSR count). The highest BCUT2D eigenvalue weighted by Gasteiger charge is 2.40. The van der Waals surface area contributed by atoms with Crippen LogP contribution in [0.3, 0.4) is 0 Å². The minimum absolute atomic E-state index is 0.0154. The molecule has 3 N–H and O–H groups in total. The predicted octanol–water partition coefficient (Wildman–Crippen LogP) is 1.75. The second-order valence-corrected chi connectivity index (χ2v) is 6.87. The molecule has 1 amide bonds. The van der Waals surface area contributed by atoms with Gasteiger partial charge in [-0.3, -0.25) is 9.48 Å². The number of aromatic nitrogens is 2. The van der Waals surface area contributed by atoms with Crippen LogP contribution in [-0.2, 0) is 11.8 Å². The van der Waals surface area contributed by atoms with Crippen LogP contribution in [0.5, 0.6) is 0 Å². The number of nitrogens with zero attached hydrogens (tertiary/aromatic N) is 2. The van der Waals surface area contributed by atoms with Crippen LogP contribution in [0.2, 0.25) is 0 Å². The number of hydrogen-bond donors (Lipinski definition) is 2. The Labute approximate surface area is 126 Å². The predicted molar refractivity (Wildman–Crippen MR) is 81.3 cm³/mol. The van der Waals surface area contributed by atoms with E-state index < -0.39 is 0 Å². The Morgan fingerprint density at radius 3 is 2.67 bits per heavy atom. The maximum absolute atomic E-state index is 12.5. The van der Waals surface area contributed by atoms with Gasteiger partial charge in [-0.05, 0) is 44.4 Å². The van der Waals surface area contributed by atoms with Crippen LogP contribution in [0, 0.1) is 17.8 Å². The van der Waals surface area contributed by atoms with Crippen molar-refractivity contribution in [1.82, 2.24) is 15.1 Å². The second kappa shape index (κ2) is 5.79. The SMILES string of the molecule is CC(NC(=O)C1CC2CCCC(C1)C2N)c1cnn(C)c1.